The van der Waals surface area contributed by atoms with Crippen LogP contribution in [0.4, 0.5) is 10.5 Å². The van der Waals surface area contributed by atoms with Crippen LogP contribution in [0.5, 0.6) is 0 Å². The fraction of sp³-hybridized carbons (Fsp3) is 0.158. The molecule has 3 rings (SSSR count). The summed E-state index contributed by atoms with van der Waals surface area (Å²) in [6.07, 6.45) is 0. The van der Waals surface area contributed by atoms with Crippen LogP contribution < -0.4 is 10.6 Å². The van der Waals surface area contributed by atoms with Gasteiger partial charge in [0.25, 0.3) is 5.91 Å². The van der Waals surface area contributed by atoms with E-state index in [0.29, 0.717) is 16.8 Å². The van der Waals surface area contributed by atoms with E-state index in [9.17, 15) is 14.4 Å². The van der Waals surface area contributed by atoms with Gasteiger partial charge in [-0.15, -0.1) is 0 Å². The van der Waals surface area contributed by atoms with Crippen molar-refractivity contribution < 1.29 is 14.4 Å². The number of carbonyl (C=O) groups is 3. The monoisotopic (exact) mass is 426 g/mol. The number of urea groups is 1. The minimum Gasteiger partial charge on any atom is -0.324 e. The molecule has 0 radical (unpaired) electrons. The number of carbonyl (C=O) groups excluding carboxylic acids is 3. The SMILES string of the molecule is CC1(c2ccc(Br)cc2)NC(=O)N(CC(=O)Nc2cccc(C#N)c2)C1=O. The molecule has 0 aliphatic carbocycles. The number of amides is 4. The maximum Gasteiger partial charge on any atom is 0.325 e. The van der Waals surface area contributed by atoms with Crippen molar-refractivity contribution in [3.05, 3.63) is 64.1 Å². The number of nitrogens with zero attached hydrogens (tertiary/aromatic N) is 2. The lowest BCUT2D eigenvalue weighted by atomic mass is 9.92. The topological polar surface area (TPSA) is 102 Å². The van der Waals surface area contributed by atoms with Crippen LogP contribution in [0.2, 0.25) is 0 Å². The van der Waals surface area contributed by atoms with Crippen LogP contribution in [0.3, 0.4) is 0 Å². The van der Waals surface area contributed by atoms with Crippen LogP contribution >= 0.6 is 15.9 Å². The summed E-state index contributed by atoms with van der Waals surface area (Å²) < 4.78 is 0.849. The number of hydrogen-bond acceptors (Lipinski definition) is 4. The van der Waals surface area contributed by atoms with Gasteiger partial charge in [-0.25, -0.2) is 4.79 Å². The summed E-state index contributed by atoms with van der Waals surface area (Å²) >= 11 is 3.33. The molecule has 0 spiro atoms. The smallest absolute Gasteiger partial charge is 0.324 e. The molecule has 4 amide bonds. The summed E-state index contributed by atoms with van der Waals surface area (Å²) in [7, 11) is 0. The van der Waals surface area contributed by atoms with Gasteiger partial charge in [-0.3, -0.25) is 14.5 Å². The van der Waals surface area contributed by atoms with Crippen molar-refractivity contribution in [3.63, 3.8) is 0 Å². The Bertz CT molecular complexity index is 968. The fourth-order valence-electron chi connectivity index (χ4n) is 2.83. The highest BCUT2D eigenvalue weighted by molar-refractivity contribution is 9.10. The zero-order valence-electron chi connectivity index (χ0n) is 14.3. The predicted octanol–water partition coefficient (Wildman–Crippen LogP) is 2.73. The van der Waals surface area contributed by atoms with Gasteiger partial charge in [0.1, 0.15) is 12.1 Å². The lowest BCUT2D eigenvalue weighted by Gasteiger charge is -2.22. The van der Waals surface area contributed by atoms with Crippen LogP contribution in [-0.4, -0.2) is 29.3 Å². The zero-order valence-corrected chi connectivity index (χ0v) is 15.9. The Morgan fingerprint density at radius 1 is 1.26 bits per heavy atom. The Hall–Kier alpha value is -3.18. The number of anilines is 1. The molecule has 0 bridgehead atoms. The standard InChI is InChI=1S/C19H15BrN4O3/c1-19(13-5-7-14(20)8-6-13)17(26)24(18(27)23-19)11-16(25)22-15-4-2-3-12(9-15)10-21/h2-9H,11H2,1H3,(H,22,25)(H,23,27). The summed E-state index contributed by atoms with van der Waals surface area (Å²) in [5.41, 5.74) is 0.194. The molecular formula is C19H15BrN4O3. The first-order valence-corrected chi connectivity index (χ1v) is 8.83. The summed E-state index contributed by atoms with van der Waals surface area (Å²) in [4.78, 5) is 38.3. The maximum absolute atomic E-state index is 12.8. The van der Waals surface area contributed by atoms with Gasteiger partial charge in [-0.2, -0.15) is 5.26 Å². The Balaban J connectivity index is 1.74. The Kier molecular flexibility index (Phi) is 4.97. The van der Waals surface area contributed by atoms with Gasteiger partial charge in [-0.05, 0) is 42.8 Å². The van der Waals surface area contributed by atoms with Gasteiger partial charge >= 0.3 is 6.03 Å². The molecule has 0 aromatic heterocycles. The van der Waals surface area contributed by atoms with E-state index < -0.39 is 29.9 Å². The van der Waals surface area contributed by atoms with Crippen LogP contribution in [0, 0.1) is 11.3 Å². The molecule has 1 heterocycles. The second-order valence-corrected chi connectivity index (χ2v) is 7.11. The van der Waals surface area contributed by atoms with Gasteiger partial charge in [-0.1, -0.05) is 34.1 Å². The number of rotatable bonds is 4. The predicted molar refractivity (Wildman–Crippen MR) is 102 cm³/mol. The first-order chi connectivity index (χ1) is 12.8. The van der Waals surface area contributed by atoms with Crippen LogP contribution in [-0.2, 0) is 15.1 Å². The van der Waals surface area contributed by atoms with E-state index in [1.807, 2.05) is 6.07 Å². The first-order valence-electron chi connectivity index (χ1n) is 8.03. The largest absolute Gasteiger partial charge is 0.325 e. The molecule has 1 aliphatic rings. The third-order valence-electron chi connectivity index (χ3n) is 4.27. The number of nitriles is 1. The van der Waals surface area contributed by atoms with Crippen LogP contribution in [0.25, 0.3) is 0 Å². The first kappa shape index (κ1) is 18.6. The molecule has 1 atom stereocenters. The molecule has 1 aliphatic heterocycles. The van der Waals surface area contributed by atoms with Crippen molar-refractivity contribution in [2.45, 2.75) is 12.5 Å². The quantitative estimate of drug-likeness (QED) is 0.733. The van der Waals surface area contributed by atoms with Crippen LogP contribution in [0.1, 0.15) is 18.1 Å². The van der Waals surface area contributed by atoms with Gasteiger partial charge in [0.05, 0.1) is 11.6 Å². The highest BCUT2D eigenvalue weighted by Gasteiger charge is 2.49. The second kappa shape index (κ2) is 7.21. The summed E-state index contributed by atoms with van der Waals surface area (Å²) in [6, 6.07) is 14.7. The van der Waals surface area contributed by atoms with Crippen LogP contribution in [0.15, 0.2) is 53.0 Å². The molecule has 2 aromatic carbocycles. The lowest BCUT2D eigenvalue weighted by molar-refractivity contribution is -0.133. The average molecular weight is 427 g/mol. The van der Waals surface area contributed by atoms with Gasteiger partial charge in [0.2, 0.25) is 5.91 Å². The molecule has 1 unspecified atom stereocenters. The summed E-state index contributed by atoms with van der Waals surface area (Å²) in [5, 5.41) is 14.1. The fourth-order valence-corrected chi connectivity index (χ4v) is 3.09. The minimum atomic E-state index is -1.24. The number of hydrogen-bond donors (Lipinski definition) is 2. The molecule has 2 aromatic rings. The molecule has 2 N–H and O–H groups in total. The third kappa shape index (κ3) is 3.68. The normalized spacial score (nSPS) is 18.8. The van der Waals surface area contributed by atoms with Crippen molar-refractivity contribution in [1.82, 2.24) is 10.2 Å². The molecule has 0 saturated carbocycles. The summed E-state index contributed by atoms with van der Waals surface area (Å²) in [6.45, 7) is 1.18. The minimum absolute atomic E-state index is 0.394. The molecule has 1 fully saturated rings. The molecule has 1 saturated heterocycles. The number of nitrogens with one attached hydrogen (secondary N) is 2. The van der Waals surface area contributed by atoms with E-state index in [2.05, 4.69) is 26.6 Å². The van der Waals surface area contributed by atoms with E-state index >= 15 is 0 Å². The third-order valence-corrected chi connectivity index (χ3v) is 4.80. The van der Waals surface area contributed by atoms with E-state index in [1.54, 1.807) is 49.4 Å². The van der Waals surface area contributed by atoms with Crippen molar-refractivity contribution in [2.24, 2.45) is 0 Å². The molecule has 7 nitrogen and oxygen atoms in total. The lowest BCUT2D eigenvalue weighted by Crippen LogP contribution is -2.42. The maximum atomic E-state index is 12.8. The van der Waals surface area contributed by atoms with E-state index in [-0.39, 0.29) is 0 Å². The highest BCUT2D eigenvalue weighted by atomic mass is 79.9. The number of imide groups is 1. The Labute approximate surface area is 164 Å². The number of benzene rings is 2. The Morgan fingerprint density at radius 2 is 1.96 bits per heavy atom. The van der Waals surface area contributed by atoms with Crippen molar-refractivity contribution in [3.8, 4) is 6.07 Å². The van der Waals surface area contributed by atoms with E-state index in [0.717, 1.165) is 9.37 Å². The molecule has 8 heteroatoms. The van der Waals surface area contributed by atoms with Gasteiger partial charge < -0.3 is 10.6 Å². The second-order valence-electron chi connectivity index (χ2n) is 6.19. The average Bonchev–Trinajstić information content (AvgIpc) is 2.86. The molecule has 136 valence electrons. The zero-order chi connectivity index (χ0) is 19.6. The molecule has 27 heavy (non-hydrogen) atoms. The van der Waals surface area contributed by atoms with Crippen molar-refractivity contribution >= 4 is 39.5 Å². The highest BCUT2D eigenvalue weighted by Crippen LogP contribution is 2.29. The van der Waals surface area contributed by atoms with Gasteiger partial charge in [0, 0.05) is 10.2 Å². The van der Waals surface area contributed by atoms with Gasteiger partial charge in [0.15, 0.2) is 0 Å². The van der Waals surface area contributed by atoms with E-state index in [4.69, 9.17) is 5.26 Å². The van der Waals surface area contributed by atoms with E-state index in [1.165, 1.54) is 6.07 Å². The summed E-state index contributed by atoms with van der Waals surface area (Å²) in [5.74, 6) is -1.04. The number of halogens is 1. The molecular weight excluding hydrogens is 412 g/mol. The van der Waals surface area contributed by atoms with Crippen molar-refractivity contribution in [1.29, 1.82) is 5.26 Å². The Morgan fingerprint density at radius 3 is 2.63 bits per heavy atom. The van der Waals surface area contributed by atoms with Crippen molar-refractivity contribution in [2.75, 3.05) is 11.9 Å².